The Morgan fingerprint density at radius 3 is 2.68 bits per heavy atom. The van der Waals surface area contributed by atoms with E-state index in [1.807, 2.05) is 24.1 Å². The molecule has 1 unspecified atom stereocenters. The smallest absolute Gasteiger partial charge is 0.279 e. The molecule has 28 heavy (non-hydrogen) atoms. The van der Waals surface area contributed by atoms with E-state index in [1.54, 1.807) is 18.2 Å². The molecule has 2 aromatic rings. The lowest BCUT2D eigenvalue weighted by atomic mass is 10.00. The van der Waals surface area contributed by atoms with Crippen molar-refractivity contribution in [1.82, 2.24) is 4.90 Å². The van der Waals surface area contributed by atoms with Gasteiger partial charge in [0.15, 0.2) is 13.1 Å². The van der Waals surface area contributed by atoms with Gasteiger partial charge in [0, 0.05) is 18.1 Å². The molecule has 0 aromatic heterocycles. The van der Waals surface area contributed by atoms with Gasteiger partial charge in [-0.2, -0.15) is 0 Å². The second-order valence-corrected chi connectivity index (χ2v) is 7.47. The summed E-state index contributed by atoms with van der Waals surface area (Å²) in [5, 5.41) is 3.32. The molecule has 3 rings (SSSR count). The lowest BCUT2D eigenvalue weighted by Gasteiger charge is -2.29. The molecule has 0 saturated heterocycles. The lowest BCUT2D eigenvalue weighted by Crippen LogP contribution is -3.11. The number of carbonyl (C=O) groups excluding carboxylic acids is 2. The molecule has 0 aliphatic carbocycles. The summed E-state index contributed by atoms with van der Waals surface area (Å²) in [6, 6.07) is 13.2. The van der Waals surface area contributed by atoms with Crippen LogP contribution in [0.5, 0.6) is 5.75 Å². The molecule has 1 aliphatic rings. The van der Waals surface area contributed by atoms with Crippen LogP contribution in [0.2, 0.25) is 5.02 Å². The van der Waals surface area contributed by atoms with Crippen molar-refractivity contribution in [2.45, 2.75) is 13.0 Å². The zero-order chi connectivity index (χ0) is 20.1. The molecule has 1 heterocycles. The zero-order valence-electron chi connectivity index (χ0n) is 16.1. The molecule has 0 spiro atoms. The Balaban J connectivity index is 1.52. The summed E-state index contributed by atoms with van der Waals surface area (Å²) in [5.74, 6) is 0.397. The average molecular weight is 403 g/mol. The van der Waals surface area contributed by atoms with Gasteiger partial charge in [-0.3, -0.25) is 9.59 Å². The maximum atomic E-state index is 12.6. The highest BCUT2D eigenvalue weighted by Crippen LogP contribution is 2.27. The molecule has 2 amide bonds. The van der Waals surface area contributed by atoms with Gasteiger partial charge in [0.25, 0.3) is 11.8 Å². The minimum absolute atomic E-state index is 0.0557. The van der Waals surface area contributed by atoms with Crippen LogP contribution in [-0.4, -0.2) is 50.5 Å². The molecule has 148 valence electrons. The maximum Gasteiger partial charge on any atom is 0.279 e. The second-order valence-electron chi connectivity index (χ2n) is 7.04. The van der Waals surface area contributed by atoms with Gasteiger partial charge in [0.05, 0.1) is 19.8 Å². The summed E-state index contributed by atoms with van der Waals surface area (Å²) in [6.07, 6.45) is 0.871. The molecule has 0 radical (unpaired) electrons. The summed E-state index contributed by atoms with van der Waals surface area (Å²) in [7, 11) is 3.37. The number of likely N-dealkylation sites (N-methyl/N-ethyl adjacent to an activating group) is 1. The van der Waals surface area contributed by atoms with Crippen LogP contribution in [0.3, 0.4) is 0 Å². The molecule has 2 N–H and O–H groups in total. The Kier molecular flexibility index (Phi) is 6.54. The molecule has 0 fully saturated rings. The van der Waals surface area contributed by atoms with Crippen molar-refractivity contribution in [3.63, 3.8) is 0 Å². The fourth-order valence-electron chi connectivity index (χ4n) is 3.39. The predicted octanol–water partition coefficient (Wildman–Crippen LogP) is 1.39. The number of ether oxygens (including phenoxy) is 1. The van der Waals surface area contributed by atoms with Gasteiger partial charge in [-0.25, -0.2) is 0 Å². The van der Waals surface area contributed by atoms with Crippen molar-refractivity contribution >= 4 is 29.1 Å². The number of nitrogens with zero attached hydrogens (tertiary/aromatic N) is 1. The number of methoxy groups -OCH3 is 1. The van der Waals surface area contributed by atoms with E-state index < -0.39 is 0 Å². The molecule has 0 bridgehead atoms. The van der Waals surface area contributed by atoms with Crippen LogP contribution in [0.25, 0.3) is 0 Å². The lowest BCUT2D eigenvalue weighted by molar-refractivity contribution is -0.862. The monoisotopic (exact) mass is 402 g/mol. The number of nitrogens with one attached hydrogen (secondary N) is 2. The third-order valence-electron chi connectivity index (χ3n) is 4.83. The zero-order valence-corrected chi connectivity index (χ0v) is 16.9. The van der Waals surface area contributed by atoms with Crippen molar-refractivity contribution in [2.24, 2.45) is 0 Å². The van der Waals surface area contributed by atoms with Crippen LogP contribution in [-0.2, 0) is 22.6 Å². The largest absolute Gasteiger partial charge is 0.495 e. The van der Waals surface area contributed by atoms with Crippen LogP contribution in [0.1, 0.15) is 11.1 Å². The summed E-state index contributed by atoms with van der Waals surface area (Å²) < 4.78 is 5.24. The van der Waals surface area contributed by atoms with Crippen LogP contribution in [0, 0.1) is 0 Å². The van der Waals surface area contributed by atoms with Gasteiger partial charge in [-0.1, -0.05) is 35.9 Å². The first kappa shape index (κ1) is 20.2. The quantitative estimate of drug-likeness (QED) is 0.767. The minimum atomic E-state index is -0.199. The molecular weight excluding hydrogens is 378 g/mol. The Bertz CT molecular complexity index is 872. The van der Waals surface area contributed by atoms with Crippen molar-refractivity contribution in [2.75, 3.05) is 39.1 Å². The number of hydrogen-bond donors (Lipinski definition) is 2. The van der Waals surface area contributed by atoms with Gasteiger partial charge in [-0.15, -0.1) is 0 Å². The summed E-state index contributed by atoms with van der Waals surface area (Å²) >= 11 is 5.99. The van der Waals surface area contributed by atoms with E-state index in [2.05, 4.69) is 17.4 Å². The summed E-state index contributed by atoms with van der Waals surface area (Å²) in [6.45, 7) is 1.79. The van der Waals surface area contributed by atoms with Gasteiger partial charge in [0.1, 0.15) is 5.75 Å². The van der Waals surface area contributed by atoms with E-state index in [9.17, 15) is 9.59 Å². The third-order valence-corrected chi connectivity index (χ3v) is 5.07. The normalized spacial score (nSPS) is 14.2. The maximum absolute atomic E-state index is 12.6. The Morgan fingerprint density at radius 2 is 1.93 bits per heavy atom. The first-order chi connectivity index (χ1) is 13.5. The molecule has 1 aliphatic heterocycles. The number of hydrogen-bond acceptors (Lipinski definition) is 3. The SMILES string of the molecule is COc1ccc(Cl)cc1NC(=O)C[NH+](C)CC(=O)N1CCc2ccccc2C1. The summed E-state index contributed by atoms with van der Waals surface area (Å²) in [4.78, 5) is 27.7. The van der Waals surface area contributed by atoms with E-state index in [1.165, 1.54) is 18.2 Å². The van der Waals surface area contributed by atoms with Crippen molar-refractivity contribution < 1.29 is 19.2 Å². The number of halogens is 1. The second kappa shape index (κ2) is 9.08. The number of carbonyl (C=O) groups is 2. The highest BCUT2D eigenvalue weighted by atomic mass is 35.5. The Morgan fingerprint density at radius 1 is 1.18 bits per heavy atom. The van der Waals surface area contributed by atoms with Crippen LogP contribution in [0.15, 0.2) is 42.5 Å². The van der Waals surface area contributed by atoms with Gasteiger partial charge in [0.2, 0.25) is 0 Å². The number of fused-ring (bicyclic) bond motifs is 1. The molecule has 7 heteroatoms. The summed E-state index contributed by atoms with van der Waals surface area (Å²) in [5.41, 5.74) is 3.03. The van der Waals surface area contributed by atoms with Crippen molar-refractivity contribution in [3.8, 4) is 5.75 Å². The Labute approximate surface area is 170 Å². The number of amides is 2. The molecule has 0 saturated carbocycles. The highest BCUT2D eigenvalue weighted by Gasteiger charge is 2.23. The fourth-order valence-corrected chi connectivity index (χ4v) is 3.56. The standard InChI is InChI=1S/C21H24ClN3O3/c1-24(13-20(26)23-18-11-17(22)7-8-19(18)28-2)14-21(27)25-10-9-15-5-3-4-6-16(15)12-25/h3-8,11H,9-10,12-14H2,1-2H3,(H,23,26)/p+1. The van der Waals surface area contributed by atoms with E-state index >= 15 is 0 Å². The first-order valence-electron chi connectivity index (χ1n) is 9.25. The molecule has 6 nitrogen and oxygen atoms in total. The van der Waals surface area contributed by atoms with E-state index in [4.69, 9.17) is 16.3 Å². The third kappa shape index (κ3) is 5.03. The van der Waals surface area contributed by atoms with Gasteiger partial charge >= 0.3 is 0 Å². The van der Waals surface area contributed by atoms with Crippen molar-refractivity contribution in [3.05, 3.63) is 58.6 Å². The molecule has 1 atom stereocenters. The predicted molar refractivity (Wildman–Crippen MR) is 109 cm³/mol. The van der Waals surface area contributed by atoms with Gasteiger partial charge in [-0.05, 0) is 35.7 Å². The number of rotatable bonds is 6. The van der Waals surface area contributed by atoms with Gasteiger partial charge < -0.3 is 19.9 Å². The molecular formula is C21H25ClN3O3+. The van der Waals surface area contributed by atoms with Crippen LogP contribution >= 0.6 is 11.6 Å². The average Bonchev–Trinajstić information content (AvgIpc) is 2.67. The van der Waals surface area contributed by atoms with Crippen LogP contribution in [0.4, 0.5) is 5.69 Å². The van der Waals surface area contributed by atoms with Crippen LogP contribution < -0.4 is 15.0 Å². The first-order valence-corrected chi connectivity index (χ1v) is 9.63. The highest BCUT2D eigenvalue weighted by molar-refractivity contribution is 6.31. The topological polar surface area (TPSA) is 63.1 Å². The number of anilines is 1. The number of quaternary nitrogens is 1. The van der Waals surface area contributed by atoms with E-state index in [-0.39, 0.29) is 24.9 Å². The fraction of sp³-hybridized carbons (Fsp3) is 0.333. The van der Waals surface area contributed by atoms with Crippen molar-refractivity contribution in [1.29, 1.82) is 0 Å². The van der Waals surface area contributed by atoms with E-state index in [0.717, 1.165) is 17.9 Å². The Hall–Kier alpha value is -2.57. The van der Waals surface area contributed by atoms with E-state index in [0.29, 0.717) is 23.0 Å². The molecule has 2 aromatic carbocycles. The number of benzene rings is 2. The minimum Gasteiger partial charge on any atom is -0.495 e.